The van der Waals surface area contributed by atoms with Crippen LogP contribution < -0.4 is 4.90 Å². The van der Waals surface area contributed by atoms with Crippen LogP contribution in [0.2, 0.25) is 5.15 Å². The van der Waals surface area contributed by atoms with Crippen molar-refractivity contribution in [2.45, 2.75) is 6.54 Å². The topological polar surface area (TPSA) is 32.3 Å². The Morgan fingerprint density at radius 3 is 2.29 bits per heavy atom. The first-order valence-corrected chi connectivity index (χ1v) is 7.29. The van der Waals surface area contributed by atoms with Gasteiger partial charge in [-0.05, 0) is 36.4 Å². The summed E-state index contributed by atoms with van der Waals surface area (Å²) in [6, 6.07) is 10.3. The van der Waals surface area contributed by atoms with Crippen LogP contribution >= 0.6 is 11.6 Å². The summed E-state index contributed by atoms with van der Waals surface area (Å²) in [6.07, 6.45) is 0. The molecule has 21 heavy (non-hydrogen) atoms. The van der Waals surface area contributed by atoms with E-state index in [1.54, 1.807) is 6.07 Å². The monoisotopic (exact) mass is 306 g/mol. The summed E-state index contributed by atoms with van der Waals surface area (Å²) in [5.74, 6) is -0.196. The summed E-state index contributed by atoms with van der Waals surface area (Å²) in [4.78, 5) is 4.60. The second-order valence-electron chi connectivity index (χ2n) is 5.09. The number of benzene rings is 1. The number of halogens is 2. The fourth-order valence-electron chi connectivity index (χ4n) is 2.47. The van der Waals surface area contributed by atoms with Gasteiger partial charge < -0.3 is 4.90 Å². The maximum atomic E-state index is 12.9. The highest BCUT2D eigenvalue weighted by Crippen LogP contribution is 2.17. The predicted octanol–water partition coefficient (Wildman–Crippen LogP) is 2.59. The first kappa shape index (κ1) is 14.2. The van der Waals surface area contributed by atoms with Gasteiger partial charge in [0.15, 0.2) is 5.15 Å². The predicted molar refractivity (Wildman–Crippen MR) is 80.9 cm³/mol. The zero-order valence-corrected chi connectivity index (χ0v) is 12.3. The quantitative estimate of drug-likeness (QED) is 0.872. The van der Waals surface area contributed by atoms with E-state index in [1.165, 1.54) is 12.1 Å². The molecule has 4 nitrogen and oxygen atoms in total. The first-order valence-electron chi connectivity index (χ1n) is 6.92. The van der Waals surface area contributed by atoms with E-state index in [1.807, 2.05) is 18.2 Å². The van der Waals surface area contributed by atoms with Crippen LogP contribution in [0.15, 0.2) is 36.4 Å². The Morgan fingerprint density at radius 1 is 0.952 bits per heavy atom. The minimum absolute atomic E-state index is 0.196. The Balaban J connectivity index is 1.55. The second kappa shape index (κ2) is 6.37. The Morgan fingerprint density at radius 2 is 1.67 bits per heavy atom. The molecule has 1 aliphatic rings. The molecule has 1 saturated heterocycles. The van der Waals surface area contributed by atoms with Crippen molar-refractivity contribution in [2.75, 3.05) is 31.1 Å². The average molecular weight is 307 g/mol. The molecule has 0 spiro atoms. The van der Waals surface area contributed by atoms with Crippen LogP contribution in [0.5, 0.6) is 0 Å². The van der Waals surface area contributed by atoms with E-state index in [2.05, 4.69) is 20.0 Å². The summed E-state index contributed by atoms with van der Waals surface area (Å²) in [5, 5.41) is 8.36. The van der Waals surface area contributed by atoms with Crippen molar-refractivity contribution in [1.29, 1.82) is 0 Å². The molecule has 0 N–H and O–H groups in total. The highest BCUT2D eigenvalue weighted by molar-refractivity contribution is 6.29. The summed E-state index contributed by atoms with van der Waals surface area (Å²) in [6.45, 7) is 4.52. The molecule has 1 aromatic heterocycles. The molecule has 0 bridgehead atoms. The lowest BCUT2D eigenvalue weighted by Crippen LogP contribution is -2.46. The Hall–Kier alpha value is -1.72. The van der Waals surface area contributed by atoms with Crippen LogP contribution in [0.25, 0.3) is 0 Å². The average Bonchev–Trinajstić information content (AvgIpc) is 2.51. The van der Waals surface area contributed by atoms with Crippen LogP contribution in [-0.4, -0.2) is 41.3 Å². The summed E-state index contributed by atoms with van der Waals surface area (Å²) in [7, 11) is 0. The van der Waals surface area contributed by atoms with Crippen molar-refractivity contribution in [3.8, 4) is 0 Å². The molecule has 0 amide bonds. The fraction of sp³-hybridized carbons (Fsp3) is 0.333. The van der Waals surface area contributed by atoms with Gasteiger partial charge in [-0.15, -0.1) is 5.10 Å². The normalized spacial score (nSPS) is 16.2. The third-order valence-corrected chi connectivity index (χ3v) is 3.84. The number of nitrogens with zero attached hydrogens (tertiary/aromatic N) is 4. The number of rotatable bonds is 3. The van der Waals surface area contributed by atoms with Crippen molar-refractivity contribution < 1.29 is 4.39 Å². The van der Waals surface area contributed by atoms with Crippen molar-refractivity contribution in [3.05, 3.63) is 53.1 Å². The van der Waals surface area contributed by atoms with Crippen molar-refractivity contribution >= 4 is 17.3 Å². The molecular weight excluding hydrogens is 291 g/mol. The third-order valence-electron chi connectivity index (χ3n) is 3.64. The van der Waals surface area contributed by atoms with Crippen LogP contribution in [0.1, 0.15) is 5.69 Å². The fourth-order valence-corrected chi connectivity index (χ4v) is 2.57. The lowest BCUT2D eigenvalue weighted by atomic mass is 10.2. The van der Waals surface area contributed by atoms with Gasteiger partial charge in [0.25, 0.3) is 0 Å². The van der Waals surface area contributed by atoms with E-state index in [4.69, 9.17) is 11.6 Å². The molecule has 0 unspecified atom stereocenters. The summed E-state index contributed by atoms with van der Waals surface area (Å²) < 4.78 is 12.9. The molecular formula is C15H16ClFN4. The lowest BCUT2D eigenvalue weighted by Gasteiger charge is -2.35. The van der Waals surface area contributed by atoms with Gasteiger partial charge in [-0.1, -0.05) is 11.6 Å². The van der Waals surface area contributed by atoms with E-state index in [-0.39, 0.29) is 5.82 Å². The first-order chi connectivity index (χ1) is 10.2. The van der Waals surface area contributed by atoms with Crippen molar-refractivity contribution in [2.24, 2.45) is 0 Å². The zero-order valence-electron chi connectivity index (χ0n) is 11.5. The Labute approximate surface area is 128 Å². The molecule has 0 aliphatic carbocycles. The van der Waals surface area contributed by atoms with Crippen molar-refractivity contribution in [1.82, 2.24) is 15.1 Å². The van der Waals surface area contributed by atoms with E-state index in [0.29, 0.717) is 5.15 Å². The van der Waals surface area contributed by atoms with E-state index in [0.717, 1.165) is 44.1 Å². The van der Waals surface area contributed by atoms with Gasteiger partial charge in [0.05, 0.1) is 5.69 Å². The molecule has 3 rings (SSSR count). The summed E-state index contributed by atoms with van der Waals surface area (Å²) in [5.41, 5.74) is 2.00. The SMILES string of the molecule is Fc1ccc(N2CCN(Cc3ccc(Cl)nn3)CC2)cc1. The minimum Gasteiger partial charge on any atom is -0.369 e. The molecule has 110 valence electrons. The minimum atomic E-state index is -0.196. The molecule has 1 aliphatic heterocycles. The highest BCUT2D eigenvalue weighted by atomic mass is 35.5. The van der Waals surface area contributed by atoms with Gasteiger partial charge in [-0.2, -0.15) is 5.10 Å². The van der Waals surface area contributed by atoms with Gasteiger partial charge in [0.2, 0.25) is 0 Å². The number of piperazine rings is 1. The van der Waals surface area contributed by atoms with Gasteiger partial charge in [-0.25, -0.2) is 4.39 Å². The molecule has 6 heteroatoms. The molecule has 0 atom stereocenters. The number of anilines is 1. The van der Waals surface area contributed by atoms with E-state index < -0.39 is 0 Å². The third kappa shape index (κ3) is 3.68. The number of hydrogen-bond acceptors (Lipinski definition) is 4. The Bertz CT molecular complexity index is 580. The maximum absolute atomic E-state index is 12.9. The molecule has 1 fully saturated rings. The molecule has 1 aromatic carbocycles. The second-order valence-corrected chi connectivity index (χ2v) is 5.47. The van der Waals surface area contributed by atoms with Crippen molar-refractivity contribution in [3.63, 3.8) is 0 Å². The molecule has 0 radical (unpaired) electrons. The Kier molecular flexibility index (Phi) is 4.31. The largest absolute Gasteiger partial charge is 0.369 e. The summed E-state index contributed by atoms with van der Waals surface area (Å²) >= 11 is 5.73. The van der Waals surface area contributed by atoms with E-state index in [9.17, 15) is 4.39 Å². The molecule has 2 aromatic rings. The lowest BCUT2D eigenvalue weighted by molar-refractivity contribution is 0.246. The molecule has 2 heterocycles. The smallest absolute Gasteiger partial charge is 0.151 e. The van der Waals surface area contributed by atoms with Crippen LogP contribution in [0, 0.1) is 5.82 Å². The molecule has 0 saturated carbocycles. The maximum Gasteiger partial charge on any atom is 0.151 e. The highest BCUT2D eigenvalue weighted by Gasteiger charge is 2.17. The zero-order chi connectivity index (χ0) is 14.7. The van der Waals surface area contributed by atoms with Crippen LogP contribution in [0.3, 0.4) is 0 Å². The van der Waals surface area contributed by atoms with Gasteiger partial charge >= 0.3 is 0 Å². The number of aromatic nitrogens is 2. The number of hydrogen-bond donors (Lipinski definition) is 0. The van der Waals surface area contributed by atoms with Crippen LogP contribution in [-0.2, 0) is 6.54 Å². The standard InChI is InChI=1S/C15H16ClFN4/c16-15-6-3-13(18-19-15)11-20-7-9-21(10-8-20)14-4-1-12(17)2-5-14/h1-6H,7-11H2. The van der Waals surface area contributed by atoms with E-state index >= 15 is 0 Å². The van der Waals surface area contributed by atoms with Gasteiger partial charge in [-0.3, -0.25) is 4.90 Å². The van der Waals surface area contributed by atoms with Gasteiger partial charge in [0.1, 0.15) is 5.82 Å². The van der Waals surface area contributed by atoms with Crippen LogP contribution in [0.4, 0.5) is 10.1 Å². The van der Waals surface area contributed by atoms with Gasteiger partial charge in [0, 0.05) is 38.4 Å².